The number of ketones is 1. The molecule has 1 aliphatic rings. The number of nitrogens with zero attached hydrogens (tertiary/aromatic N) is 3. The van der Waals surface area contributed by atoms with Crippen molar-refractivity contribution in [2.75, 3.05) is 4.90 Å². The van der Waals surface area contributed by atoms with Crippen LogP contribution in [-0.4, -0.2) is 27.0 Å². The fourth-order valence-electron chi connectivity index (χ4n) is 3.83. The topological polar surface area (TPSA) is 83.4 Å². The van der Waals surface area contributed by atoms with Gasteiger partial charge >= 0.3 is 5.91 Å². The summed E-state index contributed by atoms with van der Waals surface area (Å²) < 4.78 is 14.1. The van der Waals surface area contributed by atoms with Crippen LogP contribution in [-0.2, 0) is 15.3 Å². The molecule has 0 spiro atoms. The quantitative estimate of drug-likeness (QED) is 0.103. The first kappa shape index (κ1) is 24.2. The lowest BCUT2D eigenvalue weighted by molar-refractivity contribution is -0.132. The van der Waals surface area contributed by atoms with Gasteiger partial charge in [0.15, 0.2) is 4.34 Å². The van der Waals surface area contributed by atoms with Gasteiger partial charge in [-0.3, -0.25) is 14.5 Å². The number of amides is 1. The van der Waals surface area contributed by atoms with Gasteiger partial charge in [0.2, 0.25) is 5.13 Å². The Labute approximate surface area is 219 Å². The van der Waals surface area contributed by atoms with Crippen molar-refractivity contribution >= 4 is 57.3 Å². The van der Waals surface area contributed by atoms with Gasteiger partial charge in [-0.15, -0.1) is 10.2 Å². The van der Waals surface area contributed by atoms with E-state index in [9.17, 15) is 19.1 Å². The molecule has 1 aromatic heterocycles. The summed E-state index contributed by atoms with van der Waals surface area (Å²) in [6.07, 6.45) is 0. The highest BCUT2D eigenvalue weighted by molar-refractivity contribution is 8.00. The largest absolute Gasteiger partial charge is 0.507 e. The van der Waals surface area contributed by atoms with E-state index in [1.54, 1.807) is 24.3 Å². The van der Waals surface area contributed by atoms with E-state index in [4.69, 9.17) is 11.6 Å². The third-order valence-electron chi connectivity index (χ3n) is 5.55. The van der Waals surface area contributed by atoms with Crippen molar-refractivity contribution in [1.82, 2.24) is 10.2 Å². The molecule has 1 unspecified atom stereocenters. The molecule has 0 bridgehead atoms. The minimum atomic E-state index is -0.918. The number of benzene rings is 3. The average Bonchev–Trinajstić information content (AvgIpc) is 3.46. The molecule has 4 aromatic rings. The van der Waals surface area contributed by atoms with Crippen molar-refractivity contribution in [1.29, 1.82) is 0 Å². The standard InChI is InChI=1S/C26H17ClFN3O3S2/c27-18-10-6-15(7-11-18)14-35-26-30-29-25(36-26)31-21(16-4-2-1-3-5-16)20(23(33)24(31)34)22(32)17-8-12-19(28)13-9-17/h1-13,21,32H,14H2/b22-20-. The first-order chi connectivity index (χ1) is 17.4. The van der Waals surface area contributed by atoms with Crippen molar-refractivity contribution in [2.45, 2.75) is 16.1 Å². The Hall–Kier alpha value is -3.53. The summed E-state index contributed by atoms with van der Waals surface area (Å²) in [4.78, 5) is 27.6. The number of aliphatic hydroxyl groups excluding tert-OH is 1. The van der Waals surface area contributed by atoms with Crippen molar-refractivity contribution in [3.63, 3.8) is 0 Å². The molecule has 1 aliphatic heterocycles. The van der Waals surface area contributed by atoms with Crippen LogP contribution in [0.25, 0.3) is 5.76 Å². The monoisotopic (exact) mass is 537 g/mol. The van der Waals surface area contributed by atoms with Crippen molar-refractivity contribution in [2.24, 2.45) is 0 Å². The molecule has 6 nitrogen and oxygen atoms in total. The number of Topliss-reactive ketones (excluding diaryl/α,β-unsaturated/α-hetero) is 1. The Morgan fingerprint density at radius 2 is 1.69 bits per heavy atom. The molecule has 1 amide bonds. The van der Waals surface area contributed by atoms with Crippen LogP contribution in [0.4, 0.5) is 9.52 Å². The predicted molar refractivity (Wildman–Crippen MR) is 139 cm³/mol. The van der Waals surface area contributed by atoms with Crippen LogP contribution in [0.5, 0.6) is 0 Å². The van der Waals surface area contributed by atoms with Crippen LogP contribution in [0.1, 0.15) is 22.7 Å². The third kappa shape index (κ3) is 4.77. The Morgan fingerprint density at radius 1 is 1.00 bits per heavy atom. The van der Waals surface area contributed by atoms with E-state index in [-0.39, 0.29) is 22.0 Å². The summed E-state index contributed by atoms with van der Waals surface area (Å²) in [5.41, 5.74) is 1.80. The molecular weight excluding hydrogens is 521 g/mol. The Morgan fingerprint density at radius 3 is 2.39 bits per heavy atom. The van der Waals surface area contributed by atoms with Crippen LogP contribution in [0.2, 0.25) is 5.02 Å². The van der Waals surface area contributed by atoms with E-state index >= 15 is 0 Å². The number of thioether (sulfide) groups is 1. The molecule has 2 heterocycles. The zero-order valence-electron chi connectivity index (χ0n) is 18.5. The van der Waals surface area contributed by atoms with Gasteiger partial charge in [0, 0.05) is 16.3 Å². The second kappa shape index (κ2) is 10.2. The Kier molecular flexibility index (Phi) is 6.86. The zero-order valence-corrected chi connectivity index (χ0v) is 20.9. The highest BCUT2D eigenvalue weighted by Crippen LogP contribution is 2.44. The van der Waals surface area contributed by atoms with Crippen molar-refractivity contribution in [3.05, 3.63) is 112 Å². The van der Waals surface area contributed by atoms with Crippen LogP contribution in [0.3, 0.4) is 0 Å². The second-order valence-electron chi connectivity index (χ2n) is 7.85. The summed E-state index contributed by atoms with van der Waals surface area (Å²) in [6.45, 7) is 0. The lowest BCUT2D eigenvalue weighted by Crippen LogP contribution is -2.29. The lowest BCUT2D eigenvalue weighted by Gasteiger charge is -2.22. The van der Waals surface area contributed by atoms with Gasteiger partial charge in [-0.05, 0) is 47.5 Å². The minimum Gasteiger partial charge on any atom is -0.507 e. The number of rotatable bonds is 6. The fourth-order valence-corrected chi connectivity index (χ4v) is 5.78. The molecular formula is C26H17ClFN3O3S2. The minimum absolute atomic E-state index is 0.0941. The van der Waals surface area contributed by atoms with E-state index in [0.29, 0.717) is 20.7 Å². The first-order valence-corrected chi connectivity index (χ1v) is 12.9. The summed E-state index contributed by atoms with van der Waals surface area (Å²) in [7, 11) is 0. The number of anilines is 1. The first-order valence-electron chi connectivity index (χ1n) is 10.7. The van der Waals surface area contributed by atoms with Gasteiger partial charge < -0.3 is 5.11 Å². The summed E-state index contributed by atoms with van der Waals surface area (Å²) >= 11 is 8.57. The van der Waals surface area contributed by atoms with Crippen molar-refractivity contribution in [3.8, 4) is 0 Å². The second-order valence-corrected chi connectivity index (χ2v) is 10.5. The molecule has 36 heavy (non-hydrogen) atoms. The van der Waals surface area contributed by atoms with Gasteiger partial charge in [-0.25, -0.2) is 4.39 Å². The summed E-state index contributed by atoms with van der Waals surface area (Å²) in [6, 6.07) is 20.5. The number of hydrogen-bond acceptors (Lipinski definition) is 7. The summed E-state index contributed by atoms with van der Waals surface area (Å²) in [5, 5.41) is 20.3. The van der Waals surface area contributed by atoms with Crippen LogP contribution in [0.15, 0.2) is 88.8 Å². The normalized spacial score (nSPS) is 17.1. The maximum Gasteiger partial charge on any atom is 0.301 e. The van der Waals surface area contributed by atoms with Crippen LogP contribution >= 0.6 is 34.7 Å². The van der Waals surface area contributed by atoms with Crippen LogP contribution in [0, 0.1) is 5.82 Å². The van der Waals surface area contributed by atoms with Gasteiger partial charge in [-0.2, -0.15) is 0 Å². The van der Waals surface area contributed by atoms with Crippen LogP contribution < -0.4 is 4.90 Å². The predicted octanol–water partition coefficient (Wildman–Crippen LogP) is 6.25. The molecule has 5 rings (SSSR count). The van der Waals surface area contributed by atoms with E-state index in [1.165, 1.54) is 52.3 Å². The molecule has 0 saturated carbocycles. The molecule has 3 aromatic carbocycles. The smallest absolute Gasteiger partial charge is 0.301 e. The average molecular weight is 538 g/mol. The fraction of sp³-hybridized carbons (Fsp3) is 0.0769. The van der Waals surface area contributed by atoms with E-state index in [0.717, 1.165) is 5.56 Å². The number of carbonyl (C=O) groups is 2. The lowest BCUT2D eigenvalue weighted by atomic mass is 9.95. The number of halogens is 2. The molecule has 0 aliphatic carbocycles. The number of aliphatic hydroxyl groups is 1. The van der Waals surface area contributed by atoms with Gasteiger partial charge in [0.25, 0.3) is 5.78 Å². The number of carbonyl (C=O) groups excluding carboxylic acids is 2. The molecule has 1 saturated heterocycles. The molecule has 0 radical (unpaired) electrons. The SMILES string of the molecule is O=C1C(=O)N(c2nnc(SCc3ccc(Cl)cc3)s2)C(c2ccccc2)/C1=C(/O)c1ccc(F)cc1. The third-order valence-corrected chi connectivity index (χ3v) is 7.93. The number of aromatic nitrogens is 2. The highest BCUT2D eigenvalue weighted by Gasteiger charge is 2.48. The highest BCUT2D eigenvalue weighted by atomic mass is 35.5. The number of hydrogen-bond donors (Lipinski definition) is 1. The molecule has 10 heteroatoms. The van der Waals surface area contributed by atoms with Gasteiger partial charge in [-0.1, -0.05) is 77.2 Å². The zero-order chi connectivity index (χ0) is 25.2. The Bertz CT molecular complexity index is 1460. The summed E-state index contributed by atoms with van der Waals surface area (Å²) in [5.74, 6) is -1.91. The molecule has 1 N–H and O–H groups in total. The maximum absolute atomic E-state index is 13.4. The molecule has 1 atom stereocenters. The van der Waals surface area contributed by atoms with E-state index in [2.05, 4.69) is 10.2 Å². The van der Waals surface area contributed by atoms with E-state index < -0.39 is 23.5 Å². The van der Waals surface area contributed by atoms with E-state index in [1.807, 2.05) is 30.3 Å². The maximum atomic E-state index is 13.4. The molecule has 180 valence electrons. The van der Waals surface area contributed by atoms with Gasteiger partial charge in [0.05, 0.1) is 11.6 Å². The Balaban J connectivity index is 1.51. The van der Waals surface area contributed by atoms with Gasteiger partial charge in [0.1, 0.15) is 11.6 Å². The molecule has 1 fully saturated rings. The van der Waals surface area contributed by atoms with Crippen molar-refractivity contribution < 1.29 is 19.1 Å².